The normalized spacial score (nSPS) is 15.1. The Morgan fingerprint density at radius 3 is 2.48 bits per heavy atom. The second-order valence-corrected chi connectivity index (χ2v) is 6.79. The van der Waals surface area contributed by atoms with Gasteiger partial charge >= 0.3 is 5.97 Å². The molecular formula is C22H22N2O5. The molecule has 7 heteroatoms. The molecule has 2 aromatic rings. The van der Waals surface area contributed by atoms with E-state index < -0.39 is 5.97 Å². The number of ether oxygens (including phenoxy) is 2. The van der Waals surface area contributed by atoms with Gasteiger partial charge in [0.1, 0.15) is 0 Å². The zero-order valence-corrected chi connectivity index (χ0v) is 16.7. The maximum absolute atomic E-state index is 12.9. The highest BCUT2D eigenvalue weighted by molar-refractivity contribution is 6.32. The molecule has 150 valence electrons. The fourth-order valence-corrected chi connectivity index (χ4v) is 2.83. The SMILES string of the molecule is COc1cc(/C=C2\C(=O)N(c3ccc(C(=O)OC(C)C)cc3)N=C2C)ccc1O. The van der Waals surface area contributed by atoms with E-state index in [-0.39, 0.29) is 17.8 Å². The largest absolute Gasteiger partial charge is 0.504 e. The van der Waals surface area contributed by atoms with Crippen molar-refractivity contribution in [3.8, 4) is 11.5 Å². The molecule has 2 aromatic carbocycles. The number of hydrazone groups is 1. The van der Waals surface area contributed by atoms with Gasteiger partial charge in [-0.05, 0) is 68.8 Å². The molecule has 1 amide bonds. The van der Waals surface area contributed by atoms with Crippen LogP contribution in [0.3, 0.4) is 0 Å². The number of phenolic OH excluding ortho intramolecular Hbond substituents is 1. The zero-order valence-electron chi connectivity index (χ0n) is 16.7. The van der Waals surface area contributed by atoms with Gasteiger partial charge in [0, 0.05) is 0 Å². The number of nitrogens with zero attached hydrogens (tertiary/aromatic N) is 2. The van der Waals surface area contributed by atoms with Gasteiger partial charge in [0.15, 0.2) is 11.5 Å². The number of anilines is 1. The minimum atomic E-state index is -0.416. The maximum atomic E-state index is 12.9. The van der Waals surface area contributed by atoms with Gasteiger partial charge < -0.3 is 14.6 Å². The van der Waals surface area contributed by atoms with Gasteiger partial charge in [-0.2, -0.15) is 10.1 Å². The van der Waals surface area contributed by atoms with Crippen LogP contribution >= 0.6 is 0 Å². The summed E-state index contributed by atoms with van der Waals surface area (Å²) in [6.45, 7) is 5.31. The van der Waals surface area contributed by atoms with Gasteiger partial charge in [-0.1, -0.05) is 6.07 Å². The predicted molar refractivity (Wildman–Crippen MR) is 110 cm³/mol. The van der Waals surface area contributed by atoms with Crippen LogP contribution in [-0.2, 0) is 9.53 Å². The Morgan fingerprint density at radius 2 is 1.86 bits per heavy atom. The summed E-state index contributed by atoms with van der Waals surface area (Å²) in [5.41, 5.74) is 2.64. The summed E-state index contributed by atoms with van der Waals surface area (Å²) in [5, 5.41) is 15.3. The van der Waals surface area contributed by atoms with Crippen molar-refractivity contribution in [1.29, 1.82) is 0 Å². The minimum Gasteiger partial charge on any atom is -0.504 e. The smallest absolute Gasteiger partial charge is 0.338 e. The number of rotatable bonds is 5. The first-order valence-electron chi connectivity index (χ1n) is 9.10. The lowest BCUT2D eigenvalue weighted by atomic mass is 10.1. The van der Waals surface area contributed by atoms with Crippen LogP contribution in [0.4, 0.5) is 5.69 Å². The molecule has 0 atom stereocenters. The van der Waals surface area contributed by atoms with E-state index in [4.69, 9.17) is 9.47 Å². The topological polar surface area (TPSA) is 88.4 Å². The number of phenols is 1. The van der Waals surface area contributed by atoms with E-state index >= 15 is 0 Å². The molecule has 0 aromatic heterocycles. The standard InChI is InChI=1S/C22H22N2O5/c1-13(2)29-22(27)16-6-8-17(9-7-16)24-21(26)18(14(3)23-24)11-15-5-10-19(25)20(12-15)28-4/h5-13,25H,1-4H3/b18-11-. The minimum absolute atomic E-state index is 0.0236. The predicted octanol–water partition coefficient (Wildman–Crippen LogP) is 3.77. The van der Waals surface area contributed by atoms with Crippen molar-refractivity contribution >= 4 is 29.4 Å². The van der Waals surface area contributed by atoms with Crippen molar-refractivity contribution in [2.24, 2.45) is 5.10 Å². The van der Waals surface area contributed by atoms with E-state index in [1.807, 2.05) is 0 Å². The lowest BCUT2D eigenvalue weighted by Crippen LogP contribution is -2.21. The second kappa shape index (κ2) is 8.18. The number of methoxy groups -OCH3 is 1. The number of esters is 1. The highest BCUT2D eigenvalue weighted by atomic mass is 16.5. The van der Waals surface area contributed by atoms with Crippen LogP contribution in [0.25, 0.3) is 6.08 Å². The van der Waals surface area contributed by atoms with Crippen LogP contribution in [0.15, 0.2) is 53.1 Å². The molecule has 3 rings (SSSR count). The molecule has 0 saturated heterocycles. The van der Waals surface area contributed by atoms with Crippen LogP contribution in [0.5, 0.6) is 11.5 Å². The van der Waals surface area contributed by atoms with Crippen molar-refractivity contribution in [2.45, 2.75) is 26.9 Å². The van der Waals surface area contributed by atoms with Gasteiger partial charge in [-0.25, -0.2) is 4.79 Å². The van der Waals surface area contributed by atoms with Crippen LogP contribution in [-0.4, -0.2) is 35.9 Å². The monoisotopic (exact) mass is 394 g/mol. The summed E-state index contributed by atoms with van der Waals surface area (Å²) >= 11 is 0. The number of carbonyl (C=O) groups is 2. The van der Waals surface area contributed by atoms with Crippen molar-refractivity contribution in [3.05, 3.63) is 59.2 Å². The third-order valence-electron chi connectivity index (χ3n) is 4.27. The molecule has 0 fully saturated rings. The number of benzene rings is 2. The Labute approximate surface area is 168 Å². The number of aromatic hydroxyl groups is 1. The van der Waals surface area contributed by atoms with Gasteiger partial charge in [0.2, 0.25) is 0 Å². The third-order valence-corrected chi connectivity index (χ3v) is 4.27. The Morgan fingerprint density at radius 1 is 1.17 bits per heavy atom. The Balaban J connectivity index is 1.83. The molecule has 0 radical (unpaired) electrons. The van der Waals surface area contributed by atoms with Gasteiger partial charge in [-0.15, -0.1) is 0 Å². The van der Waals surface area contributed by atoms with E-state index in [1.165, 1.54) is 18.2 Å². The van der Waals surface area contributed by atoms with Crippen molar-refractivity contribution < 1.29 is 24.2 Å². The quantitative estimate of drug-likeness (QED) is 0.616. The summed E-state index contributed by atoms with van der Waals surface area (Å²) in [6.07, 6.45) is 1.48. The molecular weight excluding hydrogens is 372 g/mol. The van der Waals surface area contributed by atoms with E-state index in [9.17, 15) is 14.7 Å². The summed E-state index contributed by atoms with van der Waals surface area (Å²) in [5.74, 6) is -0.358. The molecule has 0 aliphatic carbocycles. The van der Waals surface area contributed by atoms with E-state index in [2.05, 4.69) is 5.10 Å². The molecule has 0 saturated carbocycles. The van der Waals surface area contributed by atoms with Crippen molar-refractivity contribution in [3.63, 3.8) is 0 Å². The Kier molecular flexibility index (Phi) is 5.68. The van der Waals surface area contributed by atoms with Gasteiger partial charge in [0.25, 0.3) is 5.91 Å². The fourth-order valence-electron chi connectivity index (χ4n) is 2.83. The number of carbonyl (C=O) groups excluding carboxylic acids is 2. The number of amides is 1. The fraction of sp³-hybridized carbons (Fsp3) is 0.227. The Bertz CT molecular complexity index is 1010. The molecule has 7 nitrogen and oxygen atoms in total. The van der Waals surface area contributed by atoms with E-state index in [0.717, 1.165) is 0 Å². The van der Waals surface area contributed by atoms with Crippen LogP contribution < -0.4 is 9.75 Å². The highest BCUT2D eigenvalue weighted by Gasteiger charge is 2.29. The van der Waals surface area contributed by atoms with Gasteiger partial charge in [-0.3, -0.25) is 4.79 Å². The van der Waals surface area contributed by atoms with E-state index in [0.29, 0.717) is 33.8 Å². The molecule has 1 N–H and O–H groups in total. The Hall–Kier alpha value is -3.61. The van der Waals surface area contributed by atoms with E-state index in [1.54, 1.807) is 63.2 Å². The maximum Gasteiger partial charge on any atom is 0.338 e. The summed E-state index contributed by atoms with van der Waals surface area (Å²) in [4.78, 5) is 24.8. The molecule has 0 spiro atoms. The second-order valence-electron chi connectivity index (χ2n) is 6.79. The van der Waals surface area contributed by atoms with Crippen LogP contribution in [0.1, 0.15) is 36.7 Å². The number of hydrogen-bond acceptors (Lipinski definition) is 6. The molecule has 0 bridgehead atoms. The first-order valence-corrected chi connectivity index (χ1v) is 9.10. The average molecular weight is 394 g/mol. The summed E-state index contributed by atoms with van der Waals surface area (Å²) in [6, 6.07) is 11.3. The molecule has 29 heavy (non-hydrogen) atoms. The molecule has 0 unspecified atom stereocenters. The molecule has 1 aliphatic rings. The van der Waals surface area contributed by atoms with Crippen molar-refractivity contribution in [1.82, 2.24) is 0 Å². The third kappa shape index (κ3) is 4.29. The first-order chi connectivity index (χ1) is 13.8. The van der Waals surface area contributed by atoms with Crippen LogP contribution in [0, 0.1) is 0 Å². The lowest BCUT2D eigenvalue weighted by molar-refractivity contribution is -0.114. The molecule has 1 heterocycles. The van der Waals surface area contributed by atoms with Gasteiger partial charge in [0.05, 0.1) is 35.7 Å². The summed E-state index contributed by atoms with van der Waals surface area (Å²) in [7, 11) is 1.46. The zero-order chi connectivity index (χ0) is 21.1. The molecule has 1 aliphatic heterocycles. The number of hydrogen-bond donors (Lipinski definition) is 1. The van der Waals surface area contributed by atoms with Crippen molar-refractivity contribution in [2.75, 3.05) is 12.1 Å². The average Bonchev–Trinajstić information content (AvgIpc) is 2.97. The first kappa shape index (κ1) is 20.1. The highest BCUT2D eigenvalue weighted by Crippen LogP contribution is 2.29. The summed E-state index contributed by atoms with van der Waals surface area (Å²) < 4.78 is 10.3. The van der Waals surface area contributed by atoms with Crippen LogP contribution in [0.2, 0.25) is 0 Å². The lowest BCUT2D eigenvalue weighted by Gasteiger charge is -2.13.